The van der Waals surface area contributed by atoms with E-state index < -0.39 is 0 Å². The van der Waals surface area contributed by atoms with Gasteiger partial charge in [0.05, 0.1) is 0 Å². The van der Waals surface area contributed by atoms with Gasteiger partial charge in [-0.25, -0.2) is 0 Å². The van der Waals surface area contributed by atoms with Gasteiger partial charge in [0.15, 0.2) is 0 Å². The molecule has 56 valence electrons. The number of hydrogen-bond acceptors (Lipinski definition) is 1. The van der Waals surface area contributed by atoms with Crippen molar-refractivity contribution in [1.82, 2.24) is 0 Å². The highest BCUT2D eigenvalue weighted by molar-refractivity contribution is 5.62. The maximum absolute atomic E-state index is 3.78. The van der Waals surface area contributed by atoms with E-state index in [0.29, 0.717) is 0 Å². The summed E-state index contributed by atoms with van der Waals surface area (Å²) < 4.78 is 0. The molecule has 1 heterocycles. The van der Waals surface area contributed by atoms with Crippen LogP contribution in [-0.4, -0.2) is 6.21 Å². The lowest BCUT2D eigenvalue weighted by Crippen LogP contribution is -1.51. The van der Waals surface area contributed by atoms with E-state index in [1.807, 2.05) is 48.7 Å². The smallest absolute Gasteiger partial charge is 0.0227 e. The summed E-state index contributed by atoms with van der Waals surface area (Å²) in [5.74, 6) is 0. The molecule has 0 bridgehead atoms. The van der Waals surface area contributed by atoms with Crippen molar-refractivity contribution in [2.45, 2.75) is 6.42 Å². The summed E-state index contributed by atoms with van der Waals surface area (Å²) in [5, 5.41) is 0. The molecule has 1 aliphatic rings. The van der Waals surface area contributed by atoms with Gasteiger partial charge in [0.1, 0.15) is 0 Å². The van der Waals surface area contributed by atoms with Crippen LogP contribution in [0, 0.1) is 0 Å². The first-order valence-corrected chi connectivity index (χ1v) is 3.67. The summed E-state index contributed by atoms with van der Waals surface area (Å²) in [4.78, 5) is 3.78. The van der Waals surface area contributed by atoms with Crippen LogP contribution in [0.1, 0.15) is 6.42 Å². The molecule has 0 atom stereocenters. The lowest BCUT2D eigenvalue weighted by Gasteiger charge is -1.69. The van der Waals surface area contributed by atoms with E-state index in [-0.39, 0.29) is 0 Å². The van der Waals surface area contributed by atoms with Crippen molar-refractivity contribution in [3.05, 3.63) is 48.7 Å². The van der Waals surface area contributed by atoms with Crippen molar-refractivity contribution in [3.63, 3.8) is 0 Å². The van der Waals surface area contributed by atoms with Crippen molar-refractivity contribution in [3.8, 4) is 0 Å². The van der Waals surface area contributed by atoms with Crippen LogP contribution in [0.5, 0.6) is 0 Å². The first-order chi connectivity index (χ1) is 5.50. The molecule has 0 aliphatic carbocycles. The van der Waals surface area contributed by atoms with Gasteiger partial charge in [0.25, 0.3) is 0 Å². The van der Waals surface area contributed by atoms with Crippen molar-refractivity contribution in [2.75, 3.05) is 0 Å². The molecule has 0 aromatic heterocycles. The van der Waals surface area contributed by atoms with Crippen molar-refractivity contribution < 1.29 is 0 Å². The Morgan fingerprint density at radius 3 is 1.55 bits per heavy atom. The molecule has 1 nitrogen and oxygen atoms in total. The van der Waals surface area contributed by atoms with Crippen LogP contribution in [0.3, 0.4) is 0 Å². The maximum atomic E-state index is 3.78. The Bertz CT molecular complexity index is 187. The second-order valence-electron chi connectivity index (χ2n) is 2.11. The minimum atomic E-state index is 1.03. The summed E-state index contributed by atoms with van der Waals surface area (Å²) in [6.07, 6.45) is 6.72. The van der Waals surface area contributed by atoms with Crippen LogP contribution in [-0.2, 0) is 0 Å². The molecule has 1 aromatic carbocycles. The average Bonchev–Trinajstić information content (AvgIpc) is 2.64. The molecule has 2 rings (SSSR count). The molecule has 11 heavy (non-hydrogen) atoms. The summed E-state index contributed by atoms with van der Waals surface area (Å²) in [5.41, 5.74) is 0. The van der Waals surface area contributed by atoms with E-state index in [0.717, 1.165) is 6.42 Å². The molecule has 1 heteroatoms. The van der Waals surface area contributed by atoms with E-state index in [1.54, 1.807) is 6.20 Å². The van der Waals surface area contributed by atoms with Crippen LogP contribution in [0.15, 0.2) is 53.7 Å². The highest BCUT2D eigenvalue weighted by Gasteiger charge is 1.73. The third-order valence-corrected chi connectivity index (χ3v) is 1.21. The highest BCUT2D eigenvalue weighted by Crippen LogP contribution is 1.86. The van der Waals surface area contributed by atoms with Crippen molar-refractivity contribution >= 4 is 6.21 Å². The Hall–Kier alpha value is -1.37. The third-order valence-electron chi connectivity index (χ3n) is 1.21. The topological polar surface area (TPSA) is 12.4 Å². The van der Waals surface area contributed by atoms with Gasteiger partial charge in [0.2, 0.25) is 0 Å². The Morgan fingerprint density at radius 2 is 1.36 bits per heavy atom. The average molecular weight is 145 g/mol. The zero-order chi connectivity index (χ0) is 7.78. The molecule has 0 fully saturated rings. The fourth-order valence-corrected chi connectivity index (χ4v) is 0.689. The molecule has 0 saturated carbocycles. The quantitative estimate of drug-likeness (QED) is 0.532. The lowest BCUT2D eigenvalue weighted by atomic mass is 10.4. The van der Waals surface area contributed by atoms with Crippen LogP contribution in [0.4, 0.5) is 0 Å². The van der Waals surface area contributed by atoms with Crippen LogP contribution in [0.2, 0.25) is 0 Å². The number of aliphatic imine (C=N–C) groups is 1. The summed E-state index contributed by atoms with van der Waals surface area (Å²) >= 11 is 0. The van der Waals surface area contributed by atoms with Crippen molar-refractivity contribution in [1.29, 1.82) is 0 Å². The second-order valence-corrected chi connectivity index (χ2v) is 2.11. The van der Waals surface area contributed by atoms with Gasteiger partial charge in [0, 0.05) is 18.8 Å². The summed E-state index contributed by atoms with van der Waals surface area (Å²) in [7, 11) is 0. The molecule has 0 unspecified atom stereocenters. The van der Waals surface area contributed by atoms with Crippen LogP contribution < -0.4 is 0 Å². The van der Waals surface area contributed by atoms with Gasteiger partial charge < -0.3 is 0 Å². The monoisotopic (exact) mass is 145 g/mol. The first kappa shape index (κ1) is 7.73. The fourth-order valence-electron chi connectivity index (χ4n) is 0.689. The molecule has 0 saturated heterocycles. The van der Waals surface area contributed by atoms with Gasteiger partial charge in [-0.05, 0) is 0 Å². The van der Waals surface area contributed by atoms with E-state index in [2.05, 4.69) is 4.99 Å². The Labute approximate surface area is 67.1 Å². The normalized spacial score (nSPS) is 12.4. The van der Waals surface area contributed by atoms with Gasteiger partial charge >= 0.3 is 0 Å². The fraction of sp³-hybridized carbons (Fsp3) is 0.100. The summed E-state index contributed by atoms with van der Waals surface area (Å²) in [6, 6.07) is 12.0. The lowest BCUT2D eigenvalue weighted by molar-refractivity contribution is 1.60. The minimum absolute atomic E-state index is 1.03. The number of allylic oxidation sites excluding steroid dienone is 1. The zero-order valence-electron chi connectivity index (χ0n) is 6.35. The number of rotatable bonds is 0. The van der Waals surface area contributed by atoms with E-state index in [4.69, 9.17) is 0 Å². The largest absolute Gasteiger partial charge is 0.269 e. The molecule has 0 radical (unpaired) electrons. The zero-order valence-corrected chi connectivity index (χ0v) is 6.35. The molecular weight excluding hydrogens is 134 g/mol. The van der Waals surface area contributed by atoms with Gasteiger partial charge in [-0.2, -0.15) is 0 Å². The molecule has 0 N–H and O–H groups in total. The Balaban J connectivity index is 0.000000112. The molecule has 1 aromatic rings. The summed E-state index contributed by atoms with van der Waals surface area (Å²) in [6.45, 7) is 0. The number of benzene rings is 1. The van der Waals surface area contributed by atoms with Gasteiger partial charge in [-0.1, -0.05) is 42.5 Å². The molecule has 0 amide bonds. The standard InChI is InChI=1S/C6H6.C4H5N/c1-2-4-6-5-3-1;1-2-4-5-3-1/h1-6H;1,3-4H,2H2. The Morgan fingerprint density at radius 1 is 0.818 bits per heavy atom. The molecular formula is C10H11N. The SMILES string of the molecule is C1=CN=CC1.c1ccccc1. The predicted octanol–water partition coefficient (Wildman–Crippen LogP) is 2.66. The molecule has 0 spiro atoms. The molecule has 1 aliphatic heterocycles. The minimum Gasteiger partial charge on any atom is -0.269 e. The Kier molecular flexibility index (Phi) is 3.81. The number of hydrogen-bond donors (Lipinski definition) is 0. The predicted molar refractivity (Wildman–Crippen MR) is 48.7 cm³/mol. The third kappa shape index (κ3) is 4.09. The first-order valence-electron chi connectivity index (χ1n) is 3.67. The van der Waals surface area contributed by atoms with Crippen molar-refractivity contribution in [2.24, 2.45) is 4.99 Å². The second kappa shape index (κ2) is 5.42. The highest BCUT2D eigenvalue weighted by atomic mass is 14.7. The van der Waals surface area contributed by atoms with E-state index in [1.165, 1.54) is 0 Å². The van der Waals surface area contributed by atoms with Crippen LogP contribution >= 0.6 is 0 Å². The van der Waals surface area contributed by atoms with Gasteiger partial charge in [-0.15, -0.1) is 0 Å². The van der Waals surface area contributed by atoms with Gasteiger partial charge in [-0.3, -0.25) is 4.99 Å². The van der Waals surface area contributed by atoms with E-state index >= 15 is 0 Å². The number of nitrogens with zero attached hydrogens (tertiary/aromatic N) is 1. The van der Waals surface area contributed by atoms with E-state index in [9.17, 15) is 0 Å². The van der Waals surface area contributed by atoms with Crippen LogP contribution in [0.25, 0.3) is 0 Å². The maximum Gasteiger partial charge on any atom is 0.0227 e.